The fraction of sp³-hybridized carbons (Fsp3) is 0.478. The molecule has 23 heteroatoms. The number of aryl methyl sites for hydroxylation is 4. The first-order valence-electron chi connectivity index (χ1n) is 41.1. The summed E-state index contributed by atoms with van der Waals surface area (Å²) in [7, 11) is -3.85. The number of nitrogens with one attached hydrogen (secondary N) is 5. The number of ether oxygens (including phenoxy) is 6. The maximum absolute atomic E-state index is 12.6. The molecule has 6 atom stereocenters. The van der Waals surface area contributed by atoms with Gasteiger partial charge in [-0.3, -0.25) is 18.6 Å². The number of carboxylic acid groups (broad SMARTS) is 1. The predicted octanol–water partition coefficient (Wildman–Crippen LogP) is 17.7. The van der Waals surface area contributed by atoms with Crippen LogP contribution < -0.4 is 46.5 Å². The van der Waals surface area contributed by atoms with Gasteiger partial charge in [0.2, 0.25) is 0 Å². The van der Waals surface area contributed by atoms with Crippen molar-refractivity contribution in [3.05, 3.63) is 227 Å². The molecular weight excluding hydrogens is 1480 g/mol. The van der Waals surface area contributed by atoms with Gasteiger partial charge >= 0.3 is 24.2 Å². The number of carbonyl (C=O) groups is 6. The smallest absolute Gasteiger partial charge is 0.407 e. The minimum Gasteiger partial charge on any atom is -0.489 e. The average molecular weight is 1610 g/mol. The summed E-state index contributed by atoms with van der Waals surface area (Å²) in [4.78, 5) is 71.0. The fourth-order valence-corrected chi connectivity index (χ4v) is 12.7. The van der Waals surface area contributed by atoms with Gasteiger partial charge in [-0.2, -0.15) is 8.42 Å². The summed E-state index contributed by atoms with van der Waals surface area (Å²) in [5.41, 5.74) is 12.6. The van der Waals surface area contributed by atoms with Gasteiger partial charge in [-0.15, -0.1) is 0 Å². The van der Waals surface area contributed by atoms with E-state index in [2.05, 4.69) is 60.3 Å². The summed E-state index contributed by atoms with van der Waals surface area (Å²) in [5.74, 6) is 1.99. The molecule has 7 rings (SSSR count). The van der Waals surface area contributed by atoms with E-state index in [0.717, 1.165) is 147 Å². The topological polar surface area (TPSA) is 308 Å². The quantitative estimate of drug-likeness (QED) is 0.0106. The molecule has 22 nitrogen and oxygen atoms in total. The Morgan fingerprint density at radius 3 is 1.13 bits per heavy atom. The molecule has 0 aliphatic heterocycles. The standard InChI is InChI=1S/C30H44N2O4.C27H31NO6S.C25H34N2O5.C10H21NO/c1-4-6-8-19-28(33)27(14-5-2)32-22-24(3)36-29-20-12-11-17-26(29)18-13-21-31-30(34)35-23-25-15-9-7-10-16-25;1-21-14-16-25(17-15-21)35(30,31)33-19-22(2)34-26-13-7-6-11-24(26)12-8-18-28-27(29)32-20-23-9-4-3-5-10-23;1-3-10-22(24(28)29)27-17-19(2)32-23-15-8-7-13-21(23)14-9-16-26-25(30)31-18-20-11-5-4-6-12-20;1-3-5-6-8-10(12)9(11)7-4-2/h7,9-12,15-17,20,24,27,32H,4-6,8,13-14,18-19,21-23H2,1-3H3,(H,31,34);3-7,9-11,13-17,22H,8,12,18-20H2,1-2H3,(H,28,29);4-8,11-13,15,19,22,27H,3,9-10,14,16-18H2,1-2H3,(H,26,30)(H,28,29);9H,3-8,11H2,1-2H3/t24-,27+;22-;19-,22+;9-/m1110/s1. The highest BCUT2D eigenvalue weighted by Crippen LogP contribution is 2.25. The zero-order valence-electron chi connectivity index (χ0n) is 69.4. The van der Waals surface area contributed by atoms with Crippen LogP contribution in [0.1, 0.15) is 203 Å². The number of hydrogen-bond acceptors (Lipinski definition) is 18. The van der Waals surface area contributed by atoms with Crippen LogP contribution in [-0.2, 0) is 82.0 Å². The average Bonchev–Trinajstić information content (AvgIpc) is 0.842. The van der Waals surface area contributed by atoms with Crippen LogP contribution in [0, 0.1) is 6.92 Å². The minimum atomic E-state index is -3.85. The third-order valence-corrected chi connectivity index (χ3v) is 19.5. The second kappa shape index (κ2) is 59.1. The van der Waals surface area contributed by atoms with E-state index in [0.29, 0.717) is 76.4 Å². The van der Waals surface area contributed by atoms with Gasteiger partial charge < -0.3 is 65.8 Å². The number of Topliss-reactive ketones (excluding diaryl/α,β-unsaturated/α-hetero) is 2. The van der Waals surface area contributed by atoms with E-state index in [-0.39, 0.29) is 61.4 Å². The number of hydrogen-bond donors (Lipinski definition) is 7. The molecule has 0 saturated carbocycles. The zero-order chi connectivity index (χ0) is 83.7. The van der Waals surface area contributed by atoms with E-state index in [4.69, 9.17) is 38.3 Å². The number of unbranched alkanes of at least 4 members (excludes halogenated alkanes) is 4. The molecule has 0 aliphatic rings. The van der Waals surface area contributed by atoms with Crippen LogP contribution >= 0.6 is 0 Å². The summed E-state index contributed by atoms with van der Waals surface area (Å²) in [5, 5.41) is 24.1. The van der Waals surface area contributed by atoms with Gasteiger partial charge in [-0.25, -0.2) is 14.4 Å². The maximum atomic E-state index is 12.6. The Hall–Kier alpha value is -9.65. The second-order valence-corrected chi connectivity index (χ2v) is 30.1. The number of para-hydroxylation sites is 3. The molecule has 630 valence electrons. The molecule has 0 saturated heterocycles. The lowest BCUT2D eigenvalue weighted by Gasteiger charge is -2.22. The van der Waals surface area contributed by atoms with Gasteiger partial charge in [-0.05, 0) is 162 Å². The van der Waals surface area contributed by atoms with E-state index in [1.807, 2.05) is 185 Å². The molecule has 0 bridgehead atoms. The number of ketones is 2. The SMILES string of the molecule is CCCCCC(=O)[C@@H](N)CCC.CCCCCC(=O)[C@H](CCC)NC[C@@H](C)Oc1ccccc1CCCNC(=O)OCc1ccccc1.CCC[C@H](NC[C@@H](C)Oc1ccccc1CCCNC(=O)OCc1ccccc1)C(=O)O.Cc1ccc(S(=O)(=O)OC[C@@H](C)Oc2ccccc2CCCNC(=O)OCc2ccccc2)cc1. The van der Waals surface area contributed by atoms with Crippen LogP contribution in [0.4, 0.5) is 14.4 Å². The maximum Gasteiger partial charge on any atom is 0.407 e. The van der Waals surface area contributed by atoms with Crippen LogP contribution in [-0.4, -0.2) is 125 Å². The molecule has 0 unspecified atom stereocenters. The van der Waals surface area contributed by atoms with Crippen molar-refractivity contribution < 1.29 is 74.9 Å². The van der Waals surface area contributed by atoms with E-state index < -0.39 is 46.5 Å². The molecule has 0 spiro atoms. The highest BCUT2D eigenvalue weighted by molar-refractivity contribution is 7.86. The van der Waals surface area contributed by atoms with Crippen molar-refractivity contribution >= 4 is 45.9 Å². The zero-order valence-corrected chi connectivity index (χ0v) is 70.2. The molecule has 7 aromatic rings. The molecule has 0 fully saturated rings. The number of aliphatic carboxylic acids is 1. The normalized spacial score (nSPS) is 12.4. The van der Waals surface area contributed by atoms with Crippen LogP contribution in [0.3, 0.4) is 0 Å². The third-order valence-electron chi connectivity index (χ3n) is 18.2. The van der Waals surface area contributed by atoms with E-state index in [1.54, 1.807) is 19.1 Å². The minimum absolute atomic E-state index is 0.0694. The summed E-state index contributed by atoms with van der Waals surface area (Å²) >= 11 is 0. The molecule has 3 amide bonds. The van der Waals surface area contributed by atoms with E-state index >= 15 is 0 Å². The van der Waals surface area contributed by atoms with Gasteiger partial charge in [-0.1, -0.05) is 243 Å². The summed E-state index contributed by atoms with van der Waals surface area (Å²) in [6, 6.07) is 57.6. The van der Waals surface area contributed by atoms with Crippen molar-refractivity contribution in [1.82, 2.24) is 26.6 Å². The Balaban J connectivity index is 0.000000339. The molecule has 115 heavy (non-hydrogen) atoms. The van der Waals surface area contributed by atoms with Crippen LogP contribution in [0.15, 0.2) is 193 Å². The lowest BCUT2D eigenvalue weighted by atomic mass is 10.0. The van der Waals surface area contributed by atoms with Crippen LogP contribution in [0.2, 0.25) is 0 Å². The van der Waals surface area contributed by atoms with Gasteiger partial charge in [0, 0.05) is 45.6 Å². The first kappa shape index (κ1) is 97.7. The first-order chi connectivity index (χ1) is 55.6. The van der Waals surface area contributed by atoms with Crippen molar-refractivity contribution in [1.29, 1.82) is 0 Å². The highest BCUT2D eigenvalue weighted by atomic mass is 32.2. The fourth-order valence-electron chi connectivity index (χ4n) is 11.7. The van der Waals surface area contributed by atoms with Crippen molar-refractivity contribution in [3.8, 4) is 17.2 Å². The first-order valence-corrected chi connectivity index (χ1v) is 42.5. The van der Waals surface area contributed by atoms with Crippen LogP contribution in [0.5, 0.6) is 17.2 Å². The van der Waals surface area contributed by atoms with Gasteiger partial charge in [0.25, 0.3) is 10.1 Å². The Kier molecular flexibility index (Phi) is 50.2. The Bertz CT molecular complexity index is 3930. The third kappa shape index (κ3) is 43.6. The van der Waals surface area contributed by atoms with Gasteiger partial charge in [0.15, 0.2) is 0 Å². The number of nitrogens with two attached hydrogens (primary N) is 1. The molecule has 7 aromatic carbocycles. The van der Waals surface area contributed by atoms with E-state index in [1.165, 1.54) is 12.1 Å². The lowest BCUT2D eigenvalue weighted by Crippen LogP contribution is -2.41. The largest absolute Gasteiger partial charge is 0.489 e. The predicted molar refractivity (Wildman–Crippen MR) is 455 cm³/mol. The number of carbonyl (C=O) groups excluding carboxylic acids is 5. The summed E-state index contributed by atoms with van der Waals surface area (Å²) in [6.07, 6.45) is 15.3. The number of rotatable bonds is 51. The highest BCUT2D eigenvalue weighted by Gasteiger charge is 2.22. The summed E-state index contributed by atoms with van der Waals surface area (Å²) in [6.45, 7) is 21.2. The molecule has 0 heterocycles. The van der Waals surface area contributed by atoms with E-state index in [9.17, 15) is 42.3 Å². The van der Waals surface area contributed by atoms with Crippen molar-refractivity contribution in [3.63, 3.8) is 0 Å². The Labute approximate surface area is 685 Å². The monoisotopic (exact) mass is 1610 g/mol. The van der Waals surface area contributed by atoms with Crippen molar-refractivity contribution in [2.24, 2.45) is 5.73 Å². The van der Waals surface area contributed by atoms with Crippen molar-refractivity contribution in [2.45, 2.75) is 252 Å². The number of carboxylic acids is 1. The Morgan fingerprint density at radius 1 is 0.409 bits per heavy atom. The second-order valence-electron chi connectivity index (χ2n) is 28.5. The molecule has 8 N–H and O–H groups in total. The molecular formula is C92H130N6O16S. The Morgan fingerprint density at radius 2 is 0.757 bits per heavy atom. The van der Waals surface area contributed by atoms with Gasteiger partial charge in [0.1, 0.15) is 79.6 Å². The summed E-state index contributed by atoms with van der Waals surface area (Å²) < 4.78 is 63.9. The molecule has 0 radical (unpaired) electrons. The lowest BCUT2D eigenvalue weighted by molar-refractivity contribution is -0.139. The van der Waals surface area contributed by atoms with Crippen molar-refractivity contribution in [2.75, 3.05) is 39.3 Å². The van der Waals surface area contributed by atoms with Crippen LogP contribution in [0.25, 0.3) is 0 Å². The van der Waals surface area contributed by atoms with Gasteiger partial charge in [0.05, 0.1) is 17.0 Å². The number of benzene rings is 7. The molecule has 0 aromatic heterocycles. The number of alkyl carbamates (subject to hydrolysis) is 3. The molecule has 0 aliphatic carbocycles. The number of amides is 3.